The molecule has 1 aromatic carbocycles. The Balaban J connectivity index is 1.64. The summed E-state index contributed by atoms with van der Waals surface area (Å²) in [6.45, 7) is 4.53. The highest BCUT2D eigenvalue weighted by Gasteiger charge is 2.24. The summed E-state index contributed by atoms with van der Waals surface area (Å²) in [5.41, 5.74) is 3.45. The zero-order chi connectivity index (χ0) is 22.0. The van der Waals surface area contributed by atoms with Gasteiger partial charge in [-0.25, -0.2) is 4.98 Å². The van der Waals surface area contributed by atoms with E-state index >= 15 is 0 Å². The molecular weight excluding hydrogens is 392 g/mol. The number of carbonyl (C=O) groups excluding carboxylic acids is 1. The molecular formula is C24H26N4O3. The quantitative estimate of drug-likeness (QED) is 0.492. The Bertz CT molecular complexity index is 1170. The molecule has 0 aliphatic heterocycles. The van der Waals surface area contributed by atoms with Crippen LogP contribution in [0.3, 0.4) is 0 Å². The Morgan fingerprint density at radius 2 is 2.00 bits per heavy atom. The van der Waals surface area contributed by atoms with Gasteiger partial charge in [0.15, 0.2) is 0 Å². The van der Waals surface area contributed by atoms with Crippen LogP contribution in [0.4, 0.5) is 0 Å². The molecule has 4 rings (SSSR count). The molecule has 0 aliphatic rings. The number of hydrogen-bond acceptors (Lipinski definition) is 4. The van der Waals surface area contributed by atoms with Crippen molar-refractivity contribution < 1.29 is 13.9 Å². The third-order valence-electron chi connectivity index (χ3n) is 5.55. The molecule has 0 fully saturated rings. The maximum atomic E-state index is 13.3. The monoisotopic (exact) mass is 418 g/mol. The van der Waals surface area contributed by atoms with Crippen LogP contribution in [-0.4, -0.2) is 27.1 Å². The first-order valence-corrected chi connectivity index (χ1v) is 10.1. The third kappa shape index (κ3) is 4.12. The summed E-state index contributed by atoms with van der Waals surface area (Å²) in [6, 6.07) is 13.0. The summed E-state index contributed by atoms with van der Waals surface area (Å²) in [5.74, 6) is 2.21. The van der Waals surface area contributed by atoms with Crippen LogP contribution in [0.1, 0.15) is 44.9 Å². The summed E-state index contributed by atoms with van der Waals surface area (Å²) in [7, 11) is 3.55. The van der Waals surface area contributed by atoms with Crippen molar-refractivity contribution in [1.29, 1.82) is 0 Å². The van der Waals surface area contributed by atoms with Crippen LogP contribution in [0.5, 0.6) is 5.75 Å². The van der Waals surface area contributed by atoms with Crippen molar-refractivity contribution in [1.82, 2.24) is 19.4 Å². The lowest BCUT2D eigenvalue weighted by Gasteiger charge is -2.19. The maximum absolute atomic E-state index is 13.3. The topological polar surface area (TPSA) is 74.2 Å². The first-order valence-electron chi connectivity index (χ1n) is 10.1. The van der Waals surface area contributed by atoms with Crippen molar-refractivity contribution >= 4 is 5.91 Å². The summed E-state index contributed by atoms with van der Waals surface area (Å²) in [4.78, 5) is 17.8. The fourth-order valence-electron chi connectivity index (χ4n) is 3.79. The average molecular weight is 418 g/mol. The molecule has 1 atom stereocenters. The number of amides is 1. The van der Waals surface area contributed by atoms with E-state index in [1.165, 1.54) is 0 Å². The van der Waals surface area contributed by atoms with Gasteiger partial charge in [-0.3, -0.25) is 4.79 Å². The van der Waals surface area contributed by atoms with Crippen molar-refractivity contribution in [2.75, 3.05) is 7.11 Å². The second-order valence-corrected chi connectivity index (χ2v) is 7.53. The number of rotatable bonds is 7. The summed E-state index contributed by atoms with van der Waals surface area (Å²) < 4.78 is 14.7. The molecule has 7 nitrogen and oxygen atoms in total. The highest BCUT2D eigenvalue weighted by atomic mass is 16.5. The van der Waals surface area contributed by atoms with E-state index < -0.39 is 6.04 Å². The molecule has 0 bridgehead atoms. The van der Waals surface area contributed by atoms with E-state index in [4.69, 9.17) is 9.15 Å². The minimum atomic E-state index is -0.397. The fraction of sp³-hybridized carbons (Fsp3) is 0.250. The molecule has 3 aromatic heterocycles. The van der Waals surface area contributed by atoms with E-state index in [-0.39, 0.29) is 5.91 Å². The molecule has 1 N–H and O–H groups in total. The lowest BCUT2D eigenvalue weighted by molar-refractivity contribution is 0.0940. The molecule has 0 saturated heterocycles. The summed E-state index contributed by atoms with van der Waals surface area (Å²) in [6.07, 6.45) is 5.25. The molecule has 31 heavy (non-hydrogen) atoms. The number of furan rings is 1. The SMILES string of the molecule is COc1ccc(C(NC(=O)c2cc(C)n(Cc3ccco3)c2C)c2nccn2C)cc1. The van der Waals surface area contributed by atoms with Crippen molar-refractivity contribution in [2.45, 2.75) is 26.4 Å². The molecule has 4 aromatic rings. The van der Waals surface area contributed by atoms with Crippen molar-refractivity contribution in [3.63, 3.8) is 0 Å². The maximum Gasteiger partial charge on any atom is 0.253 e. The van der Waals surface area contributed by atoms with Crippen LogP contribution in [0.15, 0.2) is 65.5 Å². The number of hydrogen-bond donors (Lipinski definition) is 1. The van der Waals surface area contributed by atoms with E-state index in [2.05, 4.69) is 14.9 Å². The van der Waals surface area contributed by atoms with Gasteiger partial charge in [-0.1, -0.05) is 12.1 Å². The van der Waals surface area contributed by atoms with E-state index in [1.807, 2.05) is 74.1 Å². The minimum absolute atomic E-state index is 0.150. The zero-order valence-corrected chi connectivity index (χ0v) is 18.1. The van der Waals surface area contributed by atoms with Gasteiger partial charge < -0.3 is 23.6 Å². The Kier molecular flexibility index (Phi) is 5.66. The number of nitrogens with one attached hydrogen (secondary N) is 1. The molecule has 0 spiro atoms. The summed E-state index contributed by atoms with van der Waals surface area (Å²) in [5, 5.41) is 3.17. The van der Waals surface area contributed by atoms with Crippen molar-refractivity contribution in [2.24, 2.45) is 7.05 Å². The average Bonchev–Trinajstić information content (AvgIpc) is 3.50. The van der Waals surface area contributed by atoms with E-state index in [0.29, 0.717) is 12.1 Å². The molecule has 3 heterocycles. The smallest absolute Gasteiger partial charge is 0.253 e. The molecule has 0 aliphatic carbocycles. The van der Waals surface area contributed by atoms with Gasteiger partial charge in [-0.05, 0) is 49.7 Å². The largest absolute Gasteiger partial charge is 0.497 e. The standard InChI is InChI=1S/C24H26N4O3/c1-16-14-21(17(2)28(16)15-20-6-5-13-31-20)24(29)26-22(23-25-11-12-27(23)3)18-7-9-19(30-4)10-8-18/h5-14,22H,15H2,1-4H3,(H,26,29). The van der Waals surface area contributed by atoms with Gasteiger partial charge in [0, 0.05) is 30.8 Å². The van der Waals surface area contributed by atoms with Crippen LogP contribution in [0.25, 0.3) is 0 Å². The van der Waals surface area contributed by atoms with Gasteiger partial charge in [0.2, 0.25) is 0 Å². The Labute approximate surface area is 181 Å². The lowest BCUT2D eigenvalue weighted by Crippen LogP contribution is -2.31. The van der Waals surface area contributed by atoms with Crippen LogP contribution < -0.4 is 10.1 Å². The molecule has 0 radical (unpaired) electrons. The Hall–Kier alpha value is -3.74. The third-order valence-corrected chi connectivity index (χ3v) is 5.55. The molecule has 0 saturated carbocycles. The highest BCUT2D eigenvalue weighted by Crippen LogP contribution is 2.25. The van der Waals surface area contributed by atoms with Gasteiger partial charge in [-0.15, -0.1) is 0 Å². The van der Waals surface area contributed by atoms with Crippen molar-refractivity contribution in [3.05, 3.63) is 95.2 Å². The molecule has 1 unspecified atom stereocenters. The Morgan fingerprint density at radius 3 is 2.61 bits per heavy atom. The number of aryl methyl sites for hydroxylation is 2. The fourth-order valence-corrected chi connectivity index (χ4v) is 3.79. The van der Waals surface area contributed by atoms with Crippen LogP contribution in [0.2, 0.25) is 0 Å². The predicted molar refractivity (Wildman–Crippen MR) is 117 cm³/mol. The second kappa shape index (κ2) is 8.55. The van der Waals surface area contributed by atoms with Gasteiger partial charge in [0.25, 0.3) is 5.91 Å². The van der Waals surface area contributed by atoms with E-state index in [0.717, 1.165) is 34.3 Å². The zero-order valence-electron chi connectivity index (χ0n) is 18.1. The lowest BCUT2D eigenvalue weighted by atomic mass is 10.0. The number of benzene rings is 1. The number of nitrogens with zero attached hydrogens (tertiary/aromatic N) is 3. The molecule has 160 valence electrons. The number of aromatic nitrogens is 3. The van der Waals surface area contributed by atoms with Crippen molar-refractivity contribution in [3.8, 4) is 5.75 Å². The number of imidazole rings is 1. The van der Waals surface area contributed by atoms with E-state index in [1.54, 1.807) is 19.6 Å². The number of methoxy groups -OCH3 is 1. The van der Waals surface area contributed by atoms with Gasteiger partial charge >= 0.3 is 0 Å². The highest BCUT2D eigenvalue weighted by molar-refractivity contribution is 5.96. The number of carbonyl (C=O) groups is 1. The molecule has 7 heteroatoms. The Morgan fingerprint density at radius 1 is 1.23 bits per heavy atom. The van der Waals surface area contributed by atoms with E-state index in [9.17, 15) is 4.79 Å². The predicted octanol–water partition coefficient (Wildman–Crippen LogP) is 4.01. The van der Waals surface area contributed by atoms with Crippen LogP contribution in [0, 0.1) is 13.8 Å². The van der Waals surface area contributed by atoms with Gasteiger partial charge in [-0.2, -0.15) is 0 Å². The van der Waals surface area contributed by atoms with Crippen LogP contribution in [-0.2, 0) is 13.6 Å². The van der Waals surface area contributed by atoms with Gasteiger partial charge in [0.05, 0.1) is 25.5 Å². The molecule has 1 amide bonds. The normalized spacial score (nSPS) is 12.0. The van der Waals surface area contributed by atoms with Gasteiger partial charge in [0.1, 0.15) is 23.4 Å². The number of ether oxygens (including phenoxy) is 1. The first-order chi connectivity index (χ1) is 15.0. The second-order valence-electron chi connectivity index (χ2n) is 7.53. The minimum Gasteiger partial charge on any atom is -0.497 e. The summed E-state index contributed by atoms with van der Waals surface area (Å²) >= 11 is 0. The first kappa shape index (κ1) is 20.5. The van der Waals surface area contributed by atoms with Crippen LogP contribution >= 0.6 is 0 Å².